The maximum Gasteiger partial charge on any atom is 0.329 e. The molecule has 0 bridgehead atoms. The highest BCUT2D eigenvalue weighted by Gasteiger charge is 2.32. The van der Waals surface area contributed by atoms with Crippen molar-refractivity contribution in [2.45, 2.75) is 62.3 Å². The number of fused-ring (bicyclic) bond motifs is 2. The molecule has 0 aliphatic carbocycles. The summed E-state index contributed by atoms with van der Waals surface area (Å²) in [5.74, 6) is 1.19. The lowest BCUT2D eigenvalue weighted by Crippen LogP contribution is -2.49. The quantitative estimate of drug-likeness (QED) is 0.201. The first-order valence-corrected chi connectivity index (χ1v) is 21.7. The molecule has 3 saturated heterocycles. The molecule has 2 aromatic carbocycles. The molecule has 0 radical (unpaired) electrons. The third-order valence-corrected chi connectivity index (χ3v) is 14.1. The molecular weight excluding hydrogens is 794 g/mol. The Morgan fingerprint density at radius 1 is 1.00 bits per heavy atom. The van der Waals surface area contributed by atoms with Gasteiger partial charge in [-0.05, 0) is 105 Å². The summed E-state index contributed by atoms with van der Waals surface area (Å²) in [6.07, 6.45) is 5.46. The van der Waals surface area contributed by atoms with Gasteiger partial charge in [-0.2, -0.15) is 19.6 Å². The van der Waals surface area contributed by atoms with Gasteiger partial charge in [-0.25, -0.2) is 18.2 Å². The number of halogens is 1. The van der Waals surface area contributed by atoms with Gasteiger partial charge in [-0.1, -0.05) is 24.6 Å². The number of nitrogens with one attached hydrogen (secondary N) is 2. The Labute approximate surface area is 346 Å². The maximum absolute atomic E-state index is 13.9. The first kappa shape index (κ1) is 40.4. The molecule has 3 aliphatic heterocycles. The molecule has 0 saturated carbocycles. The van der Waals surface area contributed by atoms with E-state index < -0.39 is 16.1 Å². The number of aromatic nitrogens is 5. The van der Waals surface area contributed by atoms with Gasteiger partial charge in [0.2, 0.25) is 21.9 Å². The standard InChI is InChI=1S/C41H46ClN11O5S/c1-25(24-51-13-8-26(9-14-51)27-5-7-33-35(21-27)50(3)48-38(33)53-17-12-36(54)46-41(53)56)18-29-19-32(6-4-28(29)22-43)59(57,58)52-15-10-31(11-16-52)45-40-44-23-30-20-34(42)39(55)49(2)37(30)47-40/h4-7,19-21,23,25-26,31H,8-18,24H2,1-3H3,(H,44,45,47)(H,46,54,56). The van der Waals surface area contributed by atoms with E-state index in [4.69, 9.17) is 11.6 Å². The van der Waals surface area contributed by atoms with Crippen LogP contribution in [0.2, 0.25) is 5.02 Å². The van der Waals surface area contributed by atoms with E-state index >= 15 is 0 Å². The van der Waals surface area contributed by atoms with Crippen LogP contribution in [0.5, 0.6) is 0 Å². The Morgan fingerprint density at radius 2 is 1.76 bits per heavy atom. The van der Waals surface area contributed by atoms with Crippen LogP contribution in [0.4, 0.5) is 16.6 Å². The summed E-state index contributed by atoms with van der Waals surface area (Å²) in [6.45, 7) is 5.71. The molecule has 5 aromatic rings. The molecule has 0 spiro atoms. The lowest BCUT2D eigenvalue weighted by molar-refractivity contribution is -0.120. The molecule has 3 amide bonds. The van der Waals surface area contributed by atoms with Crippen molar-refractivity contribution in [1.29, 1.82) is 5.26 Å². The number of anilines is 2. The molecule has 3 aliphatic rings. The predicted octanol–water partition coefficient (Wildman–Crippen LogP) is 4.51. The van der Waals surface area contributed by atoms with Crippen LogP contribution >= 0.6 is 11.6 Å². The van der Waals surface area contributed by atoms with Crippen molar-refractivity contribution in [3.63, 3.8) is 0 Å². The van der Waals surface area contributed by atoms with Crippen LogP contribution in [0.1, 0.15) is 61.6 Å². The number of piperidine rings is 2. The number of nitrogens with zero attached hydrogens (tertiary/aromatic N) is 9. The van der Waals surface area contributed by atoms with E-state index in [1.165, 1.54) is 25.4 Å². The van der Waals surface area contributed by atoms with Gasteiger partial charge >= 0.3 is 6.03 Å². The van der Waals surface area contributed by atoms with Gasteiger partial charge in [-0.3, -0.25) is 29.1 Å². The molecule has 16 nitrogen and oxygen atoms in total. The molecule has 1 unspecified atom stereocenters. The number of hydrogen-bond donors (Lipinski definition) is 2. The average molecular weight is 840 g/mol. The van der Waals surface area contributed by atoms with E-state index in [1.54, 1.807) is 36.1 Å². The zero-order valence-electron chi connectivity index (χ0n) is 33.2. The lowest BCUT2D eigenvalue weighted by atomic mass is 9.88. The molecule has 18 heteroatoms. The third-order valence-electron chi connectivity index (χ3n) is 11.9. The Bertz CT molecular complexity index is 2680. The Kier molecular flexibility index (Phi) is 11.2. The lowest BCUT2D eigenvalue weighted by Gasteiger charge is -2.34. The van der Waals surface area contributed by atoms with Crippen molar-refractivity contribution in [2.75, 3.05) is 49.5 Å². The minimum Gasteiger partial charge on any atom is -0.351 e. The van der Waals surface area contributed by atoms with E-state index in [9.17, 15) is 28.1 Å². The molecule has 1 atom stereocenters. The van der Waals surface area contributed by atoms with Crippen LogP contribution in [-0.4, -0.2) is 99.2 Å². The first-order chi connectivity index (χ1) is 28.3. The number of carbonyl (C=O) groups is 2. The van der Waals surface area contributed by atoms with Crippen LogP contribution in [0.15, 0.2) is 58.4 Å². The van der Waals surface area contributed by atoms with E-state index in [2.05, 4.69) is 55.7 Å². The topological polar surface area (TPSA) is 191 Å². The van der Waals surface area contributed by atoms with Crippen LogP contribution in [0, 0.1) is 17.2 Å². The van der Waals surface area contributed by atoms with Crippen LogP contribution in [0.25, 0.3) is 21.9 Å². The Hall–Kier alpha value is -5.41. The zero-order valence-corrected chi connectivity index (χ0v) is 34.8. The molecule has 59 heavy (non-hydrogen) atoms. The number of hydrogen-bond acceptors (Lipinski definition) is 11. The minimum atomic E-state index is -3.80. The second-order valence-electron chi connectivity index (χ2n) is 15.9. The predicted molar refractivity (Wildman–Crippen MR) is 224 cm³/mol. The van der Waals surface area contributed by atoms with Gasteiger partial charge < -0.3 is 10.2 Å². The van der Waals surface area contributed by atoms with Crippen molar-refractivity contribution in [1.82, 2.24) is 38.8 Å². The number of benzene rings is 2. The second kappa shape index (κ2) is 16.3. The number of sulfonamides is 1. The van der Waals surface area contributed by atoms with Crippen molar-refractivity contribution in [3.05, 3.63) is 80.7 Å². The third kappa shape index (κ3) is 8.14. The molecule has 3 fully saturated rings. The number of amides is 3. The number of rotatable bonds is 10. The monoisotopic (exact) mass is 839 g/mol. The summed E-state index contributed by atoms with van der Waals surface area (Å²) < 4.78 is 32.5. The van der Waals surface area contributed by atoms with E-state index in [-0.39, 0.29) is 39.8 Å². The normalized spacial score (nSPS) is 18.3. The average Bonchev–Trinajstić information content (AvgIpc) is 3.55. The molecular formula is C41H46ClN11O5S. The van der Waals surface area contributed by atoms with E-state index in [0.717, 1.165) is 48.9 Å². The highest BCUT2D eigenvalue weighted by Crippen LogP contribution is 2.34. The number of urea groups is 1. The molecule has 3 aromatic heterocycles. The van der Waals surface area contributed by atoms with E-state index in [1.807, 2.05) is 13.1 Å². The Balaban J connectivity index is 0.859. The maximum atomic E-state index is 13.9. The smallest absolute Gasteiger partial charge is 0.329 e. The fourth-order valence-corrected chi connectivity index (χ4v) is 10.4. The van der Waals surface area contributed by atoms with Crippen molar-refractivity contribution in [2.24, 2.45) is 20.0 Å². The first-order valence-electron chi connectivity index (χ1n) is 19.9. The summed E-state index contributed by atoms with van der Waals surface area (Å²) in [5.41, 5.74) is 3.49. The molecule has 308 valence electrons. The summed E-state index contributed by atoms with van der Waals surface area (Å²) in [4.78, 5) is 49.6. The van der Waals surface area contributed by atoms with Crippen molar-refractivity contribution in [3.8, 4) is 6.07 Å². The highest BCUT2D eigenvalue weighted by molar-refractivity contribution is 7.89. The fraction of sp³-hybridized carbons (Fsp3) is 0.439. The minimum absolute atomic E-state index is 0.0613. The number of imide groups is 1. The Morgan fingerprint density at radius 3 is 2.49 bits per heavy atom. The van der Waals surface area contributed by atoms with Gasteiger partial charge in [0.1, 0.15) is 10.7 Å². The molecule has 6 heterocycles. The summed E-state index contributed by atoms with van der Waals surface area (Å²) in [5, 5.41) is 21.9. The van der Waals surface area contributed by atoms with Crippen LogP contribution < -0.4 is 21.1 Å². The van der Waals surface area contributed by atoms with E-state index in [0.29, 0.717) is 73.2 Å². The van der Waals surface area contributed by atoms with Crippen molar-refractivity contribution < 1.29 is 18.0 Å². The van der Waals surface area contributed by atoms with Gasteiger partial charge in [0.05, 0.1) is 22.0 Å². The highest BCUT2D eigenvalue weighted by atomic mass is 35.5. The van der Waals surface area contributed by atoms with Gasteiger partial charge in [0.15, 0.2) is 5.82 Å². The summed E-state index contributed by atoms with van der Waals surface area (Å²) in [7, 11) is -0.334. The van der Waals surface area contributed by atoms with Crippen LogP contribution in [-0.2, 0) is 35.3 Å². The summed E-state index contributed by atoms with van der Waals surface area (Å²) in [6, 6.07) is 14.4. The molecule has 8 rings (SSSR count). The largest absolute Gasteiger partial charge is 0.351 e. The fourth-order valence-electron chi connectivity index (χ4n) is 8.66. The summed E-state index contributed by atoms with van der Waals surface area (Å²) >= 11 is 6.03. The molecule has 2 N–H and O–H groups in total. The number of nitriles is 1. The number of aryl methyl sites for hydroxylation is 2. The number of likely N-dealkylation sites (tertiary alicyclic amines) is 1. The van der Waals surface area contributed by atoms with Gasteiger partial charge in [-0.15, -0.1) is 0 Å². The van der Waals surface area contributed by atoms with Crippen molar-refractivity contribution >= 4 is 67.3 Å². The SMILES string of the molecule is CC(Cc1cc(S(=O)(=O)N2CCC(Nc3ncc4cc(Cl)c(=O)n(C)c4n3)CC2)ccc1C#N)CN1CCC(c2ccc3c(N4CCC(=O)NC4=O)nn(C)c3c2)CC1. The second-order valence-corrected chi connectivity index (χ2v) is 18.3. The number of pyridine rings is 1. The van der Waals surface area contributed by atoms with Gasteiger partial charge in [0, 0.05) is 69.7 Å². The zero-order chi connectivity index (χ0) is 41.6. The number of carbonyl (C=O) groups excluding carboxylic acids is 2. The van der Waals surface area contributed by atoms with Gasteiger partial charge in [0.25, 0.3) is 5.56 Å². The van der Waals surface area contributed by atoms with Crippen LogP contribution in [0.3, 0.4) is 0 Å².